The van der Waals surface area contributed by atoms with Gasteiger partial charge in [-0.1, -0.05) is 72.8 Å². The van der Waals surface area contributed by atoms with Crippen molar-refractivity contribution < 1.29 is 14.3 Å². The van der Waals surface area contributed by atoms with E-state index in [1.54, 1.807) is 0 Å². The summed E-state index contributed by atoms with van der Waals surface area (Å²) < 4.78 is 5.45. The van der Waals surface area contributed by atoms with Crippen molar-refractivity contribution in [1.82, 2.24) is 10.9 Å². The topological polar surface area (TPSA) is 67.4 Å². The van der Waals surface area contributed by atoms with Gasteiger partial charge in [-0.25, -0.2) is 0 Å². The predicted octanol–water partition coefficient (Wildman–Crippen LogP) is 3.12. The van der Waals surface area contributed by atoms with Gasteiger partial charge in [0.05, 0.1) is 6.42 Å². The Bertz CT molecular complexity index is 878. The number of amides is 2. The maximum Gasteiger partial charge on any atom is 0.276 e. The molecule has 2 N–H and O–H groups in total. The molecule has 0 saturated carbocycles. The molecule has 0 saturated heterocycles. The Kier molecular flexibility index (Phi) is 6.20. The van der Waals surface area contributed by atoms with E-state index in [0.29, 0.717) is 5.75 Å². The van der Waals surface area contributed by atoms with Crippen LogP contribution in [-0.4, -0.2) is 18.4 Å². The summed E-state index contributed by atoms with van der Waals surface area (Å²) in [5, 5.41) is 0. The molecule has 0 aliphatic carbocycles. The van der Waals surface area contributed by atoms with Crippen LogP contribution in [0.5, 0.6) is 5.75 Å². The Balaban J connectivity index is 1.42. The van der Waals surface area contributed by atoms with Crippen molar-refractivity contribution in [1.29, 1.82) is 0 Å². The Morgan fingerprint density at radius 2 is 1.22 bits per heavy atom. The first-order chi connectivity index (χ1) is 13.2. The maximum atomic E-state index is 11.8. The molecule has 0 aliphatic heterocycles. The molecule has 5 nitrogen and oxygen atoms in total. The third-order valence-electron chi connectivity index (χ3n) is 3.88. The van der Waals surface area contributed by atoms with Crippen molar-refractivity contribution in [2.24, 2.45) is 0 Å². The van der Waals surface area contributed by atoms with E-state index in [0.717, 1.165) is 16.7 Å². The largest absolute Gasteiger partial charge is 0.484 e. The highest BCUT2D eigenvalue weighted by atomic mass is 16.5. The van der Waals surface area contributed by atoms with Gasteiger partial charge in [0, 0.05) is 0 Å². The molecular weight excluding hydrogens is 340 g/mol. The van der Waals surface area contributed by atoms with Crippen LogP contribution in [0.2, 0.25) is 0 Å². The molecule has 0 fully saturated rings. The van der Waals surface area contributed by atoms with Crippen molar-refractivity contribution >= 4 is 11.8 Å². The Morgan fingerprint density at radius 1 is 0.667 bits per heavy atom. The molecule has 0 aliphatic rings. The van der Waals surface area contributed by atoms with Gasteiger partial charge in [0.15, 0.2) is 6.61 Å². The van der Waals surface area contributed by atoms with E-state index in [1.165, 1.54) is 0 Å². The quantitative estimate of drug-likeness (QED) is 0.664. The fraction of sp³-hybridized carbons (Fsp3) is 0.0909. The molecule has 2 amide bonds. The summed E-state index contributed by atoms with van der Waals surface area (Å²) in [6.45, 7) is -0.184. The molecule has 0 atom stereocenters. The number of benzene rings is 3. The lowest BCUT2D eigenvalue weighted by Crippen LogP contribution is -2.44. The molecule has 0 bridgehead atoms. The number of rotatable bonds is 6. The van der Waals surface area contributed by atoms with Crippen LogP contribution in [0.25, 0.3) is 11.1 Å². The lowest BCUT2D eigenvalue weighted by Gasteiger charge is -2.09. The van der Waals surface area contributed by atoms with Crippen LogP contribution < -0.4 is 15.6 Å². The Morgan fingerprint density at radius 3 is 1.89 bits per heavy atom. The second-order valence-corrected chi connectivity index (χ2v) is 5.94. The smallest absolute Gasteiger partial charge is 0.276 e. The summed E-state index contributed by atoms with van der Waals surface area (Å²) in [5.74, 6) is -0.134. The van der Waals surface area contributed by atoms with Gasteiger partial charge < -0.3 is 4.74 Å². The zero-order valence-corrected chi connectivity index (χ0v) is 14.7. The molecule has 136 valence electrons. The first-order valence-corrected chi connectivity index (χ1v) is 8.60. The molecule has 5 heteroatoms. The number of hydrazine groups is 1. The van der Waals surface area contributed by atoms with E-state index in [4.69, 9.17) is 4.74 Å². The molecule has 3 aromatic rings. The molecule has 3 rings (SSSR count). The van der Waals surface area contributed by atoms with E-state index >= 15 is 0 Å². The average molecular weight is 360 g/mol. The second-order valence-electron chi connectivity index (χ2n) is 5.94. The van der Waals surface area contributed by atoms with Gasteiger partial charge in [-0.3, -0.25) is 20.4 Å². The van der Waals surface area contributed by atoms with Crippen LogP contribution in [0.4, 0.5) is 0 Å². The zero-order valence-electron chi connectivity index (χ0n) is 14.7. The molecule has 0 radical (unpaired) electrons. The number of nitrogens with one attached hydrogen (secondary N) is 2. The van der Waals surface area contributed by atoms with Crippen molar-refractivity contribution in [2.75, 3.05) is 6.61 Å². The number of hydrogen-bond donors (Lipinski definition) is 2. The minimum atomic E-state index is -0.427. The van der Waals surface area contributed by atoms with Crippen LogP contribution in [0, 0.1) is 0 Å². The summed E-state index contributed by atoms with van der Waals surface area (Å²) in [6, 6.07) is 26.8. The van der Waals surface area contributed by atoms with Gasteiger partial charge in [0.25, 0.3) is 5.91 Å². The molecule has 0 unspecified atom stereocenters. The Labute approximate surface area is 158 Å². The van der Waals surface area contributed by atoms with Crippen LogP contribution in [-0.2, 0) is 16.0 Å². The maximum absolute atomic E-state index is 11.8. The van der Waals surface area contributed by atoms with E-state index < -0.39 is 5.91 Å². The fourth-order valence-corrected chi connectivity index (χ4v) is 2.52. The molecule has 27 heavy (non-hydrogen) atoms. The first-order valence-electron chi connectivity index (χ1n) is 8.60. The summed E-state index contributed by atoms with van der Waals surface area (Å²) >= 11 is 0. The fourth-order valence-electron chi connectivity index (χ4n) is 2.52. The highest BCUT2D eigenvalue weighted by molar-refractivity contribution is 5.83. The van der Waals surface area contributed by atoms with Gasteiger partial charge in [-0.15, -0.1) is 0 Å². The van der Waals surface area contributed by atoms with Crippen LogP contribution >= 0.6 is 0 Å². The van der Waals surface area contributed by atoms with Gasteiger partial charge in [-0.05, 0) is 28.8 Å². The van der Waals surface area contributed by atoms with Crippen LogP contribution in [0.15, 0.2) is 84.9 Å². The highest BCUT2D eigenvalue weighted by Crippen LogP contribution is 2.21. The van der Waals surface area contributed by atoms with Crippen molar-refractivity contribution in [3.05, 3.63) is 90.5 Å². The number of hydrogen-bond acceptors (Lipinski definition) is 3. The summed E-state index contributed by atoms with van der Waals surface area (Å²) in [5.41, 5.74) is 7.78. The average Bonchev–Trinajstić information content (AvgIpc) is 2.72. The minimum Gasteiger partial charge on any atom is -0.484 e. The molecule has 0 aromatic heterocycles. The minimum absolute atomic E-state index is 0.184. The number of ether oxygens (including phenoxy) is 1. The van der Waals surface area contributed by atoms with E-state index in [2.05, 4.69) is 10.9 Å². The molecule has 3 aromatic carbocycles. The van der Waals surface area contributed by atoms with Gasteiger partial charge >= 0.3 is 0 Å². The van der Waals surface area contributed by atoms with Crippen molar-refractivity contribution in [2.45, 2.75) is 6.42 Å². The van der Waals surface area contributed by atoms with Crippen LogP contribution in [0.1, 0.15) is 5.56 Å². The van der Waals surface area contributed by atoms with E-state index in [-0.39, 0.29) is 18.9 Å². The van der Waals surface area contributed by atoms with Gasteiger partial charge in [-0.2, -0.15) is 0 Å². The van der Waals surface area contributed by atoms with Gasteiger partial charge in [0.2, 0.25) is 5.91 Å². The normalized spacial score (nSPS) is 10.1. The monoisotopic (exact) mass is 360 g/mol. The van der Waals surface area contributed by atoms with E-state index in [9.17, 15) is 9.59 Å². The zero-order chi connectivity index (χ0) is 18.9. The third kappa shape index (κ3) is 5.71. The summed E-state index contributed by atoms with van der Waals surface area (Å²) in [6.07, 6.45) is 0.197. The molecule has 0 spiro atoms. The second kappa shape index (κ2) is 9.20. The standard InChI is InChI=1S/C22H20N2O3/c25-21(15-17-7-3-1-4-8-17)23-24-22(26)16-27-20-13-11-19(12-14-20)18-9-5-2-6-10-18/h1-14H,15-16H2,(H,23,25)(H,24,26). The summed E-state index contributed by atoms with van der Waals surface area (Å²) in [4.78, 5) is 23.6. The predicted molar refractivity (Wildman–Crippen MR) is 104 cm³/mol. The Hall–Kier alpha value is -3.60. The molecule has 0 heterocycles. The van der Waals surface area contributed by atoms with Crippen LogP contribution in [0.3, 0.4) is 0 Å². The number of carbonyl (C=O) groups is 2. The first kappa shape index (κ1) is 18.2. The highest BCUT2D eigenvalue weighted by Gasteiger charge is 2.07. The van der Waals surface area contributed by atoms with Gasteiger partial charge in [0.1, 0.15) is 5.75 Å². The molecular formula is C22H20N2O3. The SMILES string of the molecule is O=C(COc1ccc(-c2ccccc2)cc1)NNC(=O)Cc1ccccc1. The van der Waals surface area contributed by atoms with Crippen molar-refractivity contribution in [3.8, 4) is 16.9 Å². The van der Waals surface area contributed by atoms with Crippen molar-refractivity contribution in [3.63, 3.8) is 0 Å². The lowest BCUT2D eigenvalue weighted by atomic mass is 10.1. The summed E-state index contributed by atoms with van der Waals surface area (Å²) in [7, 11) is 0. The third-order valence-corrected chi connectivity index (χ3v) is 3.88. The van der Waals surface area contributed by atoms with E-state index in [1.807, 2.05) is 84.9 Å². The lowest BCUT2D eigenvalue weighted by molar-refractivity contribution is -0.129. The number of carbonyl (C=O) groups excluding carboxylic acids is 2.